The number of rotatable bonds is 6. The second-order valence-corrected chi connectivity index (χ2v) is 7.61. The van der Waals surface area contributed by atoms with E-state index in [1.54, 1.807) is 31.5 Å². The first-order valence-corrected chi connectivity index (χ1v) is 8.33. The number of amides is 1. The highest BCUT2D eigenvalue weighted by Crippen LogP contribution is 2.41. The van der Waals surface area contributed by atoms with Gasteiger partial charge in [-0.2, -0.15) is 0 Å². The fourth-order valence-corrected chi connectivity index (χ4v) is 3.40. The van der Waals surface area contributed by atoms with Crippen LogP contribution < -0.4 is 5.32 Å². The van der Waals surface area contributed by atoms with E-state index in [4.69, 9.17) is 23.2 Å². The van der Waals surface area contributed by atoms with Crippen molar-refractivity contribution in [1.82, 2.24) is 5.32 Å². The lowest BCUT2D eigenvalue weighted by Gasteiger charge is -2.45. The van der Waals surface area contributed by atoms with Crippen molar-refractivity contribution in [3.8, 4) is 0 Å². The first-order chi connectivity index (χ1) is 11.1. The summed E-state index contributed by atoms with van der Waals surface area (Å²) in [5, 5.41) is 12.9. The molecular formula is C18H24Cl2N2O2. The Bertz CT molecular complexity index is 638. The van der Waals surface area contributed by atoms with Crippen molar-refractivity contribution in [3.63, 3.8) is 0 Å². The van der Waals surface area contributed by atoms with Crippen molar-refractivity contribution >= 4 is 35.5 Å². The minimum atomic E-state index is -1.09. The van der Waals surface area contributed by atoms with Crippen LogP contribution in [-0.4, -0.2) is 30.5 Å². The van der Waals surface area contributed by atoms with Crippen LogP contribution in [0.15, 0.2) is 35.8 Å². The summed E-state index contributed by atoms with van der Waals surface area (Å²) in [5.74, 6) is 0. The molecule has 2 unspecified atom stereocenters. The van der Waals surface area contributed by atoms with Crippen molar-refractivity contribution in [2.24, 2.45) is 10.4 Å². The summed E-state index contributed by atoms with van der Waals surface area (Å²) in [6.45, 7) is 9.78. The molecule has 0 aliphatic heterocycles. The molecule has 24 heavy (non-hydrogen) atoms. The third kappa shape index (κ3) is 4.52. The van der Waals surface area contributed by atoms with Gasteiger partial charge in [0.2, 0.25) is 0 Å². The van der Waals surface area contributed by atoms with E-state index in [-0.39, 0.29) is 5.41 Å². The molecule has 1 aromatic rings. The van der Waals surface area contributed by atoms with Crippen molar-refractivity contribution in [1.29, 1.82) is 0 Å². The number of aliphatic imine (C=N–C) groups is 1. The van der Waals surface area contributed by atoms with Gasteiger partial charge in [0, 0.05) is 13.3 Å². The lowest BCUT2D eigenvalue weighted by molar-refractivity contribution is 0.157. The smallest absolute Gasteiger partial charge is 0.404 e. The van der Waals surface area contributed by atoms with E-state index >= 15 is 0 Å². The van der Waals surface area contributed by atoms with Crippen LogP contribution in [0.4, 0.5) is 4.79 Å². The summed E-state index contributed by atoms with van der Waals surface area (Å²) in [4.78, 5) is 15.7. The third-order valence-electron chi connectivity index (χ3n) is 3.95. The fourth-order valence-electron chi connectivity index (χ4n) is 3.10. The summed E-state index contributed by atoms with van der Waals surface area (Å²) in [6.07, 6.45) is 2.92. The number of hydrogen-bond donors (Lipinski definition) is 2. The van der Waals surface area contributed by atoms with E-state index in [0.717, 1.165) is 5.56 Å². The Balaban J connectivity index is 3.69. The molecule has 2 N–H and O–H groups in total. The molecule has 0 saturated heterocycles. The van der Waals surface area contributed by atoms with Crippen LogP contribution in [-0.2, 0) is 5.41 Å². The van der Waals surface area contributed by atoms with Crippen LogP contribution in [0.3, 0.4) is 0 Å². The average molecular weight is 371 g/mol. The topological polar surface area (TPSA) is 61.7 Å². The maximum atomic E-state index is 11.4. The maximum absolute atomic E-state index is 11.4. The van der Waals surface area contributed by atoms with Crippen molar-refractivity contribution in [3.05, 3.63) is 46.5 Å². The molecule has 132 valence electrons. The standard InChI is InChI=1S/C18H24Cl2N2O2/c1-6-9-18(11-21-5,12-7-8-13(19)14(20)10-12)15(17(2,3)4)22-16(23)24/h6-8,10-11,15,22H,1,9H2,2-5H3,(H,23,24)/b21-11-. The van der Waals surface area contributed by atoms with Crippen LogP contribution in [0.25, 0.3) is 0 Å². The molecule has 4 nitrogen and oxygen atoms in total. The van der Waals surface area contributed by atoms with E-state index in [1.165, 1.54) is 0 Å². The van der Waals surface area contributed by atoms with Gasteiger partial charge in [-0.25, -0.2) is 4.79 Å². The van der Waals surface area contributed by atoms with Gasteiger partial charge >= 0.3 is 6.09 Å². The van der Waals surface area contributed by atoms with Gasteiger partial charge in [0.05, 0.1) is 21.5 Å². The third-order valence-corrected chi connectivity index (χ3v) is 4.69. The monoisotopic (exact) mass is 370 g/mol. The van der Waals surface area contributed by atoms with Crippen LogP contribution in [0.2, 0.25) is 10.0 Å². The molecule has 1 aromatic carbocycles. The molecule has 0 aliphatic carbocycles. The number of carboxylic acid groups (broad SMARTS) is 1. The fraction of sp³-hybridized carbons (Fsp3) is 0.444. The van der Waals surface area contributed by atoms with Gasteiger partial charge < -0.3 is 10.4 Å². The predicted molar refractivity (Wildman–Crippen MR) is 102 cm³/mol. The van der Waals surface area contributed by atoms with Gasteiger partial charge in [-0.1, -0.05) is 56.1 Å². The molecular weight excluding hydrogens is 347 g/mol. The molecule has 2 atom stereocenters. The highest BCUT2D eigenvalue weighted by Gasteiger charge is 2.45. The van der Waals surface area contributed by atoms with Gasteiger partial charge in [-0.05, 0) is 29.5 Å². The van der Waals surface area contributed by atoms with Crippen molar-refractivity contribution in [2.45, 2.75) is 38.6 Å². The van der Waals surface area contributed by atoms with Gasteiger partial charge in [-0.3, -0.25) is 4.99 Å². The van der Waals surface area contributed by atoms with Crippen LogP contribution in [0.1, 0.15) is 32.8 Å². The molecule has 1 rings (SSSR count). The van der Waals surface area contributed by atoms with E-state index in [1.807, 2.05) is 26.8 Å². The number of hydrogen-bond acceptors (Lipinski definition) is 2. The highest BCUT2D eigenvalue weighted by atomic mass is 35.5. The van der Waals surface area contributed by atoms with Crippen LogP contribution in [0.5, 0.6) is 0 Å². The molecule has 0 aromatic heterocycles. The van der Waals surface area contributed by atoms with Crippen LogP contribution in [0, 0.1) is 5.41 Å². The number of allylic oxidation sites excluding steroid dienone is 1. The quantitative estimate of drug-likeness (QED) is 0.534. The largest absolute Gasteiger partial charge is 0.465 e. The summed E-state index contributed by atoms with van der Waals surface area (Å²) in [6, 6.07) is 4.86. The molecule has 0 heterocycles. The van der Waals surface area contributed by atoms with E-state index in [2.05, 4.69) is 16.9 Å². The zero-order valence-electron chi connectivity index (χ0n) is 14.4. The maximum Gasteiger partial charge on any atom is 0.404 e. The Hall–Kier alpha value is -1.52. The Morgan fingerprint density at radius 2 is 2.00 bits per heavy atom. The predicted octanol–water partition coefficient (Wildman–Crippen LogP) is 5.19. The second-order valence-electron chi connectivity index (χ2n) is 6.80. The van der Waals surface area contributed by atoms with Gasteiger partial charge in [-0.15, -0.1) is 6.58 Å². The van der Waals surface area contributed by atoms with E-state index in [0.29, 0.717) is 16.5 Å². The summed E-state index contributed by atoms with van der Waals surface area (Å²) >= 11 is 12.2. The molecule has 0 fully saturated rings. The normalized spacial score (nSPS) is 15.8. The van der Waals surface area contributed by atoms with Gasteiger partial charge in [0.25, 0.3) is 0 Å². The van der Waals surface area contributed by atoms with Crippen molar-refractivity contribution in [2.75, 3.05) is 7.05 Å². The highest BCUT2D eigenvalue weighted by molar-refractivity contribution is 6.42. The first kappa shape index (κ1) is 20.5. The summed E-state index contributed by atoms with van der Waals surface area (Å²) < 4.78 is 0. The number of nitrogens with one attached hydrogen (secondary N) is 1. The average Bonchev–Trinajstić information content (AvgIpc) is 2.46. The first-order valence-electron chi connectivity index (χ1n) is 7.57. The molecule has 1 amide bonds. The summed E-state index contributed by atoms with van der Waals surface area (Å²) in [7, 11) is 1.66. The number of carbonyl (C=O) groups is 1. The lowest BCUT2D eigenvalue weighted by atomic mass is 9.64. The molecule has 0 bridgehead atoms. The number of halogens is 2. The molecule has 0 spiro atoms. The van der Waals surface area contributed by atoms with Gasteiger partial charge in [0.15, 0.2) is 0 Å². The molecule has 0 aliphatic rings. The van der Waals surface area contributed by atoms with Crippen LogP contribution >= 0.6 is 23.2 Å². The van der Waals surface area contributed by atoms with E-state index in [9.17, 15) is 9.90 Å². The SMILES string of the molecule is C=CCC(/C=N\C)(c1ccc(Cl)c(Cl)c1)C(NC(=O)O)C(C)(C)C. The Labute approximate surface area is 153 Å². The second kappa shape index (κ2) is 8.04. The molecule has 0 radical (unpaired) electrons. The zero-order valence-corrected chi connectivity index (χ0v) is 15.9. The molecule has 6 heteroatoms. The summed E-state index contributed by atoms with van der Waals surface area (Å²) in [5.41, 5.74) is -0.285. The minimum Gasteiger partial charge on any atom is -0.465 e. The van der Waals surface area contributed by atoms with E-state index < -0.39 is 17.6 Å². The van der Waals surface area contributed by atoms with Gasteiger partial charge in [0.1, 0.15) is 0 Å². The minimum absolute atomic E-state index is 0.380. The Kier molecular flexibility index (Phi) is 6.87. The Morgan fingerprint density at radius 1 is 1.38 bits per heavy atom. The lowest BCUT2D eigenvalue weighted by Crippen LogP contribution is -2.57. The van der Waals surface area contributed by atoms with Crippen molar-refractivity contribution < 1.29 is 9.90 Å². The number of nitrogens with zero attached hydrogens (tertiary/aromatic N) is 1. The Morgan fingerprint density at radius 3 is 2.42 bits per heavy atom. The number of benzene rings is 1. The molecule has 0 saturated carbocycles. The zero-order chi connectivity index (χ0) is 18.5.